The first-order chi connectivity index (χ1) is 11.6. The zero-order valence-electron chi connectivity index (χ0n) is 14.4. The van der Waals surface area contributed by atoms with E-state index in [4.69, 9.17) is 4.74 Å². The summed E-state index contributed by atoms with van der Waals surface area (Å²) in [6, 6.07) is 10.4. The van der Waals surface area contributed by atoms with Crippen LogP contribution in [0, 0.1) is 0 Å². The van der Waals surface area contributed by atoms with Gasteiger partial charge in [-0.2, -0.15) is 0 Å². The minimum absolute atomic E-state index is 0.0528. The number of hydrogen-bond donors (Lipinski definition) is 1. The Morgan fingerprint density at radius 1 is 1.38 bits per heavy atom. The van der Waals surface area contributed by atoms with Gasteiger partial charge < -0.3 is 10.1 Å². The van der Waals surface area contributed by atoms with Crippen LogP contribution in [-0.4, -0.2) is 37.0 Å². The van der Waals surface area contributed by atoms with Gasteiger partial charge in [-0.3, -0.25) is 9.69 Å². The SMILES string of the molecule is COc1cccc(C(=O)NCCN2[C@H](C)Cc3ccsc3[C@@H]2C)c1. The molecule has 2 aromatic rings. The number of benzene rings is 1. The second kappa shape index (κ2) is 7.36. The molecule has 2 atom stereocenters. The molecular weight excluding hydrogens is 320 g/mol. The predicted molar refractivity (Wildman–Crippen MR) is 97.9 cm³/mol. The number of ether oxygens (including phenoxy) is 1. The van der Waals surface area contributed by atoms with Crippen molar-refractivity contribution in [1.29, 1.82) is 0 Å². The Hall–Kier alpha value is -1.85. The molecule has 0 saturated heterocycles. The van der Waals surface area contributed by atoms with E-state index in [1.807, 2.05) is 29.5 Å². The van der Waals surface area contributed by atoms with Gasteiger partial charge >= 0.3 is 0 Å². The molecule has 0 saturated carbocycles. The van der Waals surface area contributed by atoms with Gasteiger partial charge in [-0.15, -0.1) is 11.3 Å². The molecular formula is C19H24N2O2S. The standard InChI is InChI=1S/C19H24N2O2S/c1-13-11-15-7-10-24-18(15)14(2)21(13)9-8-20-19(22)16-5-4-6-17(12-16)23-3/h4-7,10,12-14H,8-9,11H2,1-3H3,(H,20,22)/t13-,14+/m1/s1. The van der Waals surface area contributed by atoms with Crippen molar-refractivity contribution in [3.05, 3.63) is 51.7 Å². The van der Waals surface area contributed by atoms with Crippen LogP contribution in [0.25, 0.3) is 0 Å². The van der Waals surface area contributed by atoms with Gasteiger partial charge in [-0.05, 0) is 55.5 Å². The fourth-order valence-corrected chi connectivity index (χ4v) is 4.44. The summed E-state index contributed by atoms with van der Waals surface area (Å²) in [4.78, 5) is 16.2. The third kappa shape index (κ3) is 3.47. The molecule has 0 aliphatic carbocycles. The molecule has 0 bridgehead atoms. The highest BCUT2D eigenvalue weighted by atomic mass is 32.1. The number of amides is 1. The number of nitrogens with zero attached hydrogens (tertiary/aromatic N) is 1. The van der Waals surface area contributed by atoms with Crippen molar-refractivity contribution >= 4 is 17.2 Å². The first kappa shape index (κ1) is 17.0. The number of carbonyl (C=O) groups excluding carboxylic acids is 1. The van der Waals surface area contributed by atoms with E-state index in [1.165, 1.54) is 10.4 Å². The number of fused-ring (bicyclic) bond motifs is 1. The molecule has 24 heavy (non-hydrogen) atoms. The number of rotatable bonds is 5. The summed E-state index contributed by atoms with van der Waals surface area (Å²) in [7, 11) is 1.61. The lowest BCUT2D eigenvalue weighted by Gasteiger charge is -2.38. The van der Waals surface area contributed by atoms with Crippen LogP contribution in [0.1, 0.15) is 40.7 Å². The Bertz CT molecular complexity index is 713. The van der Waals surface area contributed by atoms with Crippen molar-refractivity contribution < 1.29 is 9.53 Å². The molecule has 0 radical (unpaired) electrons. The van der Waals surface area contributed by atoms with Gasteiger partial charge in [0.25, 0.3) is 5.91 Å². The molecule has 1 aliphatic rings. The summed E-state index contributed by atoms with van der Waals surface area (Å²) in [5.41, 5.74) is 2.12. The summed E-state index contributed by atoms with van der Waals surface area (Å²) >= 11 is 1.84. The average molecular weight is 344 g/mol. The van der Waals surface area contributed by atoms with E-state index in [0.29, 0.717) is 29.9 Å². The summed E-state index contributed by atoms with van der Waals surface area (Å²) in [5.74, 6) is 0.647. The van der Waals surface area contributed by atoms with Gasteiger partial charge in [0.05, 0.1) is 7.11 Å². The van der Waals surface area contributed by atoms with Crippen molar-refractivity contribution in [2.45, 2.75) is 32.4 Å². The van der Waals surface area contributed by atoms with E-state index >= 15 is 0 Å². The summed E-state index contributed by atoms with van der Waals surface area (Å²) < 4.78 is 5.17. The first-order valence-electron chi connectivity index (χ1n) is 8.34. The molecule has 3 rings (SSSR count). The van der Waals surface area contributed by atoms with Crippen LogP contribution in [0.5, 0.6) is 5.75 Å². The van der Waals surface area contributed by atoms with E-state index in [9.17, 15) is 4.79 Å². The van der Waals surface area contributed by atoms with Gasteiger partial charge in [-0.1, -0.05) is 6.07 Å². The van der Waals surface area contributed by atoms with Crippen LogP contribution in [0.15, 0.2) is 35.7 Å². The van der Waals surface area contributed by atoms with E-state index < -0.39 is 0 Å². The Kier molecular flexibility index (Phi) is 5.21. The zero-order valence-corrected chi connectivity index (χ0v) is 15.2. The number of thiophene rings is 1. The fraction of sp³-hybridized carbons (Fsp3) is 0.421. The van der Waals surface area contributed by atoms with Crippen molar-refractivity contribution in [2.75, 3.05) is 20.2 Å². The maximum Gasteiger partial charge on any atom is 0.251 e. The van der Waals surface area contributed by atoms with Gasteiger partial charge in [0, 0.05) is 35.6 Å². The molecule has 5 heteroatoms. The van der Waals surface area contributed by atoms with Crippen LogP contribution < -0.4 is 10.1 Å². The van der Waals surface area contributed by atoms with Crippen molar-refractivity contribution in [3.8, 4) is 5.75 Å². The molecule has 1 amide bonds. The van der Waals surface area contributed by atoms with E-state index in [1.54, 1.807) is 13.2 Å². The Balaban J connectivity index is 1.57. The smallest absolute Gasteiger partial charge is 0.251 e. The fourth-order valence-electron chi connectivity index (χ4n) is 3.43. The topological polar surface area (TPSA) is 41.6 Å². The third-order valence-corrected chi connectivity index (χ3v) is 5.86. The molecule has 1 aromatic carbocycles. The molecule has 1 aliphatic heterocycles. The highest BCUT2D eigenvalue weighted by molar-refractivity contribution is 7.10. The van der Waals surface area contributed by atoms with Crippen LogP contribution in [-0.2, 0) is 6.42 Å². The minimum Gasteiger partial charge on any atom is -0.497 e. The van der Waals surface area contributed by atoms with Crippen LogP contribution in [0.3, 0.4) is 0 Å². The van der Waals surface area contributed by atoms with Crippen molar-refractivity contribution in [2.24, 2.45) is 0 Å². The quantitative estimate of drug-likeness (QED) is 0.903. The Morgan fingerprint density at radius 3 is 3.00 bits per heavy atom. The molecule has 1 N–H and O–H groups in total. The van der Waals surface area contributed by atoms with Crippen LogP contribution in [0.2, 0.25) is 0 Å². The number of methoxy groups -OCH3 is 1. The van der Waals surface area contributed by atoms with Crippen LogP contribution >= 0.6 is 11.3 Å². The number of carbonyl (C=O) groups is 1. The predicted octanol–water partition coefficient (Wildman–Crippen LogP) is 3.49. The van der Waals surface area contributed by atoms with E-state index in [-0.39, 0.29) is 5.91 Å². The van der Waals surface area contributed by atoms with Gasteiger partial charge in [0.15, 0.2) is 0 Å². The normalized spacial score (nSPS) is 20.5. The maximum atomic E-state index is 12.3. The molecule has 1 aromatic heterocycles. The zero-order chi connectivity index (χ0) is 17.1. The summed E-state index contributed by atoms with van der Waals surface area (Å²) in [6.45, 7) is 6.02. The monoisotopic (exact) mass is 344 g/mol. The van der Waals surface area contributed by atoms with E-state index in [2.05, 4.69) is 35.5 Å². The maximum absolute atomic E-state index is 12.3. The first-order valence-corrected chi connectivity index (χ1v) is 9.22. The van der Waals surface area contributed by atoms with Gasteiger partial charge in [0.1, 0.15) is 5.75 Å². The highest BCUT2D eigenvalue weighted by Crippen LogP contribution is 2.35. The van der Waals surface area contributed by atoms with Gasteiger partial charge in [0.2, 0.25) is 0 Å². The summed E-state index contributed by atoms with van der Waals surface area (Å²) in [5, 5.41) is 5.21. The van der Waals surface area contributed by atoms with Crippen molar-refractivity contribution in [3.63, 3.8) is 0 Å². The second-order valence-corrected chi connectivity index (χ2v) is 7.21. The largest absolute Gasteiger partial charge is 0.497 e. The minimum atomic E-state index is -0.0528. The summed E-state index contributed by atoms with van der Waals surface area (Å²) in [6.07, 6.45) is 1.09. The highest BCUT2D eigenvalue weighted by Gasteiger charge is 2.29. The average Bonchev–Trinajstić information content (AvgIpc) is 3.06. The van der Waals surface area contributed by atoms with Crippen molar-refractivity contribution in [1.82, 2.24) is 10.2 Å². The molecule has 0 unspecified atom stereocenters. The van der Waals surface area contributed by atoms with E-state index in [0.717, 1.165) is 13.0 Å². The molecule has 0 spiro atoms. The molecule has 128 valence electrons. The molecule has 2 heterocycles. The lowest BCUT2D eigenvalue weighted by atomic mass is 9.97. The Morgan fingerprint density at radius 2 is 2.21 bits per heavy atom. The van der Waals surface area contributed by atoms with Crippen LogP contribution in [0.4, 0.5) is 0 Å². The second-order valence-electron chi connectivity index (χ2n) is 6.26. The Labute approximate surface area is 147 Å². The lowest BCUT2D eigenvalue weighted by Crippen LogP contribution is -2.44. The number of hydrogen-bond acceptors (Lipinski definition) is 4. The molecule has 4 nitrogen and oxygen atoms in total. The number of nitrogens with one attached hydrogen (secondary N) is 1. The lowest BCUT2D eigenvalue weighted by molar-refractivity contribution is 0.0930. The van der Waals surface area contributed by atoms with Gasteiger partial charge in [-0.25, -0.2) is 0 Å². The third-order valence-electron chi connectivity index (χ3n) is 4.73. The molecule has 0 fully saturated rings.